The van der Waals surface area contributed by atoms with Crippen molar-refractivity contribution in [1.29, 1.82) is 0 Å². The molecule has 0 unspecified atom stereocenters. The summed E-state index contributed by atoms with van der Waals surface area (Å²) in [5.41, 5.74) is 3.45. The van der Waals surface area contributed by atoms with Gasteiger partial charge in [0.05, 0.1) is 34.6 Å². The smallest absolute Gasteiger partial charge is 0.408 e. The Morgan fingerprint density at radius 3 is 2.46 bits per heavy atom. The zero-order valence-electron chi connectivity index (χ0n) is 34.5. The van der Waals surface area contributed by atoms with E-state index in [-0.39, 0.29) is 55.1 Å². The van der Waals surface area contributed by atoms with Gasteiger partial charge in [-0.1, -0.05) is 60.7 Å². The summed E-state index contributed by atoms with van der Waals surface area (Å²) in [5, 5.41) is 30.5. The van der Waals surface area contributed by atoms with E-state index in [0.717, 1.165) is 54.0 Å². The fourth-order valence-electron chi connectivity index (χ4n) is 8.09. The highest BCUT2D eigenvalue weighted by molar-refractivity contribution is 7.14. The van der Waals surface area contributed by atoms with Crippen molar-refractivity contribution in [1.82, 2.24) is 25.8 Å². The van der Waals surface area contributed by atoms with Crippen LogP contribution in [0.25, 0.3) is 10.9 Å². The largest absolute Gasteiger partial charge is 0.506 e. The second-order valence-corrected chi connectivity index (χ2v) is 16.9. The van der Waals surface area contributed by atoms with Crippen LogP contribution in [0.1, 0.15) is 72.1 Å². The zero-order chi connectivity index (χ0) is 43.7. The minimum atomic E-state index is -0.909. The summed E-state index contributed by atoms with van der Waals surface area (Å²) in [7, 11) is 0. The van der Waals surface area contributed by atoms with Crippen LogP contribution in [0.3, 0.4) is 0 Å². The number of pyridine rings is 1. The van der Waals surface area contributed by atoms with Gasteiger partial charge in [-0.25, -0.2) is 9.59 Å². The second-order valence-electron chi connectivity index (χ2n) is 15.7. The molecule has 4 aromatic carbocycles. The molecule has 3 atom stereocenters. The van der Waals surface area contributed by atoms with Crippen molar-refractivity contribution in [3.8, 4) is 11.5 Å². The molecule has 326 valence electrons. The first-order chi connectivity index (χ1) is 30.7. The van der Waals surface area contributed by atoms with Crippen molar-refractivity contribution in [2.45, 2.75) is 44.2 Å². The van der Waals surface area contributed by atoms with E-state index in [0.29, 0.717) is 39.6 Å². The summed E-state index contributed by atoms with van der Waals surface area (Å²) in [6.45, 7) is 3.88. The number of aliphatic hydroxyl groups is 1. The molecule has 14 nitrogen and oxygen atoms in total. The average molecular weight is 872 g/mol. The first kappa shape index (κ1) is 43.1. The third-order valence-electron chi connectivity index (χ3n) is 11.4. The van der Waals surface area contributed by atoms with E-state index in [9.17, 15) is 29.4 Å². The predicted octanol–water partition coefficient (Wildman–Crippen LogP) is 6.19. The monoisotopic (exact) mass is 871 g/mol. The van der Waals surface area contributed by atoms with Gasteiger partial charge in [0.1, 0.15) is 30.8 Å². The van der Waals surface area contributed by atoms with Crippen LogP contribution < -0.4 is 26.2 Å². The summed E-state index contributed by atoms with van der Waals surface area (Å²) < 4.78 is 17.5. The number of hydrogen-bond acceptors (Lipinski definition) is 12. The molecule has 2 bridgehead atoms. The molecule has 3 aliphatic heterocycles. The molecule has 3 saturated heterocycles. The van der Waals surface area contributed by atoms with Crippen molar-refractivity contribution in [2.24, 2.45) is 5.92 Å². The Morgan fingerprint density at radius 1 is 0.889 bits per heavy atom. The van der Waals surface area contributed by atoms with Crippen molar-refractivity contribution in [3.63, 3.8) is 0 Å². The third kappa shape index (κ3) is 10.9. The van der Waals surface area contributed by atoms with Gasteiger partial charge in [-0.3, -0.25) is 14.5 Å². The minimum Gasteiger partial charge on any atom is -0.506 e. The molecule has 6 N–H and O–H groups in total. The highest BCUT2D eigenvalue weighted by Crippen LogP contribution is 2.32. The molecule has 5 heterocycles. The number of carbonyl (C=O) groups excluding carboxylic acids is 3. The molecule has 63 heavy (non-hydrogen) atoms. The van der Waals surface area contributed by atoms with Gasteiger partial charge in [-0.2, -0.15) is 0 Å². The number of fused-ring (bicyclic) bond motifs is 4. The number of nitrogens with one attached hydrogen (secondary N) is 4. The Kier molecular flexibility index (Phi) is 13.8. The van der Waals surface area contributed by atoms with Gasteiger partial charge in [-0.05, 0) is 103 Å². The Morgan fingerprint density at radius 2 is 1.68 bits per heavy atom. The third-order valence-corrected chi connectivity index (χ3v) is 12.5. The van der Waals surface area contributed by atoms with Crippen molar-refractivity contribution in [2.75, 3.05) is 39.3 Å². The number of amides is 2. The number of H-pyrrole nitrogens is 1. The number of phenols is 1. The van der Waals surface area contributed by atoms with E-state index >= 15 is 0 Å². The summed E-state index contributed by atoms with van der Waals surface area (Å²) >= 11 is 1.30. The van der Waals surface area contributed by atoms with Crippen molar-refractivity contribution < 1.29 is 38.8 Å². The maximum absolute atomic E-state index is 13.2. The number of alkyl carbamates (subject to hydrolysis) is 1. The summed E-state index contributed by atoms with van der Waals surface area (Å²) in [4.78, 5) is 56.8. The molecule has 6 aromatic rings. The lowest BCUT2D eigenvalue weighted by Crippen LogP contribution is -2.52. The second kappa shape index (κ2) is 20.1. The van der Waals surface area contributed by atoms with Crippen LogP contribution in [-0.4, -0.2) is 83.5 Å². The molecule has 0 saturated carbocycles. The lowest BCUT2D eigenvalue weighted by molar-refractivity contribution is -0.0336. The molecule has 0 radical (unpaired) electrons. The van der Waals surface area contributed by atoms with Gasteiger partial charge in [0.15, 0.2) is 0 Å². The number of carbonyl (C=O) groups is 3. The lowest BCUT2D eigenvalue weighted by atomic mass is 9.86. The number of esters is 1. The molecule has 0 spiro atoms. The number of piperidine rings is 3. The van der Waals surface area contributed by atoms with Gasteiger partial charge in [0.2, 0.25) is 5.56 Å². The number of aliphatic hydroxyl groups excluding tert-OH is 1. The first-order valence-corrected chi connectivity index (χ1v) is 21.8. The van der Waals surface area contributed by atoms with Gasteiger partial charge >= 0.3 is 12.1 Å². The van der Waals surface area contributed by atoms with Gasteiger partial charge in [0, 0.05) is 36.0 Å². The van der Waals surface area contributed by atoms with Gasteiger partial charge in [0.25, 0.3) is 5.91 Å². The Labute approximate surface area is 367 Å². The number of hydrogen-bond donors (Lipinski definition) is 6. The minimum absolute atomic E-state index is 0.0143. The Bertz CT molecular complexity index is 2590. The van der Waals surface area contributed by atoms with E-state index < -0.39 is 24.2 Å². The van der Waals surface area contributed by atoms with E-state index in [4.69, 9.17) is 14.2 Å². The molecule has 2 aromatic heterocycles. The summed E-state index contributed by atoms with van der Waals surface area (Å²) in [5.74, 6) is 0.140. The van der Waals surface area contributed by atoms with Crippen molar-refractivity contribution >= 4 is 40.2 Å². The number of phenolic OH excluding ortho intramolecular Hbond substituents is 1. The normalized spacial score (nSPS) is 17.7. The van der Waals surface area contributed by atoms with Crippen LogP contribution in [0.2, 0.25) is 0 Å². The molecule has 3 aliphatic rings. The Hall–Kier alpha value is -6.52. The Balaban J connectivity index is 0.762. The lowest BCUT2D eigenvalue weighted by Gasteiger charge is -2.43. The van der Waals surface area contributed by atoms with Gasteiger partial charge < -0.3 is 45.4 Å². The molecule has 9 rings (SSSR count). The molecule has 0 aliphatic carbocycles. The number of benzene rings is 4. The number of rotatable bonds is 17. The average Bonchev–Trinajstić information content (AvgIpc) is 3.79. The van der Waals surface area contributed by atoms with E-state index in [1.54, 1.807) is 42.5 Å². The first-order valence-electron chi connectivity index (χ1n) is 21.0. The SMILES string of the molecule is O=C(N[C@@H](c1ccccc1)c1cccc(OCc2ccc(C(=O)OCCNC(=O)c3ccc(CNC[C@H](O)c4ccc(O)c5[nH]c(=O)ccc45)s3)cc2)c1)O[C@H]1CN2CCC1CC2. The molecular weight excluding hydrogens is 823 g/mol. The van der Waals surface area contributed by atoms with Crippen LogP contribution in [-0.2, 0) is 22.6 Å². The number of thiophene rings is 1. The maximum atomic E-state index is 13.2. The van der Waals surface area contributed by atoms with E-state index in [1.165, 1.54) is 23.5 Å². The summed E-state index contributed by atoms with van der Waals surface area (Å²) in [6.07, 6.45) is 0.666. The number of aromatic hydroxyl groups is 1. The van der Waals surface area contributed by atoms with Crippen LogP contribution in [0, 0.1) is 5.92 Å². The number of ether oxygens (including phenoxy) is 3. The molecule has 2 amide bonds. The number of aromatic nitrogens is 1. The fourth-order valence-corrected chi connectivity index (χ4v) is 8.98. The standard InChI is InChI=1S/C48H49N5O9S/c54-39-16-14-37(38-15-18-43(56)51-45(38)39)40(55)27-49-26-36-13-17-42(63-36)46(57)50-21-24-60-47(58)33-11-9-30(10-12-33)29-61-35-8-4-7-34(25-35)44(32-5-2-1-3-6-32)52-48(59)62-41-28-53-22-19-31(41)20-23-53/h1-18,25,31,40-41,44,49,54-55H,19-24,26-29H2,(H,50,57)(H,51,56)(H,52,59)/t40-,41-,44-/m0/s1. The highest BCUT2D eigenvalue weighted by atomic mass is 32.1. The van der Waals surface area contributed by atoms with Gasteiger partial charge in [-0.15, -0.1) is 11.3 Å². The quantitative estimate of drug-likeness (QED) is 0.0453. The van der Waals surface area contributed by atoms with Crippen LogP contribution in [0.4, 0.5) is 4.79 Å². The molecule has 15 heteroatoms. The van der Waals surface area contributed by atoms with Crippen LogP contribution in [0.5, 0.6) is 11.5 Å². The van der Waals surface area contributed by atoms with Crippen molar-refractivity contribution in [3.05, 3.63) is 163 Å². The van der Waals surface area contributed by atoms with Crippen LogP contribution >= 0.6 is 11.3 Å². The summed E-state index contributed by atoms with van der Waals surface area (Å²) in [6, 6.07) is 33.4. The predicted molar refractivity (Wildman–Crippen MR) is 238 cm³/mol. The fraction of sp³-hybridized carbons (Fsp3) is 0.292. The highest BCUT2D eigenvalue weighted by Gasteiger charge is 2.37. The van der Waals surface area contributed by atoms with E-state index in [1.807, 2.05) is 60.7 Å². The molecule has 3 fully saturated rings. The van der Waals surface area contributed by atoms with E-state index in [2.05, 4.69) is 25.8 Å². The maximum Gasteiger partial charge on any atom is 0.408 e. The van der Waals surface area contributed by atoms with Crippen LogP contribution in [0.15, 0.2) is 120 Å². The zero-order valence-corrected chi connectivity index (χ0v) is 35.3. The number of aromatic amines is 1. The number of nitrogens with zero attached hydrogens (tertiary/aromatic N) is 1. The topological polar surface area (TPSA) is 192 Å². The molecular formula is C48H49N5O9S.